The van der Waals surface area contributed by atoms with Gasteiger partial charge in [-0.2, -0.15) is 13.2 Å². The number of rotatable bonds is 8. The minimum Gasteiger partial charge on any atom is -0.497 e. The fourth-order valence-electron chi connectivity index (χ4n) is 2.95. The molecule has 0 atom stereocenters. The second-order valence-electron chi connectivity index (χ2n) is 6.71. The third-order valence-electron chi connectivity index (χ3n) is 4.46. The first-order valence-corrected chi connectivity index (χ1v) is 9.61. The molecule has 0 fully saturated rings. The fourth-order valence-corrected chi connectivity index (χ4v) is 2.95. The van der Waals surface area contributed by atoms with Gasteiger partial charge in [0.2, 0.25) is 5.95 Å². The van der Waals surface area contributed by atoms with Crippen LogP contribution in [0.5, 0.6) is 5.75 Å². The van der Waals surface area contributed by atoms with Crippen molar-refractivity contribution < 1.29 is 17.9 Å². The SMILES string of the molecule is C=C/N=C/C=C\C(=C)n1cc2cnc(NCC(F)(F)F)nc2c(-c2ccc(OC)cc2)c1=O. The molecule has 0 aliphatic carbocycles. The monoisotopic (exact) mass is 455 g/mol. The number of pyridine rings is 1. The maximum absolute atomic E-state index is 13.4. The Bertz CT molecular complexity index is 1290. The molecule has 10 heteroatoms. The number of halogens is 3. The second-order valence-corrected chi connectivity index (χ2v) is 6.71. The molecule has 0 saturated heterocycles. The van der Waals surface area contributed by atoms with E-state index in [9.17, 15) is 18.0 Å². The number of fused-ring (bicyclic) bond motifs is 1. The summed E-state index contributed by atoms with van der Waals surface area (Å²) in [7, 11) is 1.51. The third kappa shape index (κ3) is 5.73. The summed E-state index contributed by atoms with van der Waals surface area (Å²) in [5.41, 5.74) is 0.772. The first-order valence-electron chi connectivity index (χ1n) is 9.61. The summed E-state index contributed by atoms with van der Waals surface area (Å²) >= 11 is 0. The highest BCUT2D eigenvalue weighted by molar-refractivity contribution is 5.93. The summed E-state index contributed by atoms with van der Waals surface area (Å²) in [6.45, 7) is 6.09. The molecule has 33 heavy (non-hydrogen) atoms. The molecule has 1 N–H and O–H groups in total. The quantitative estimate of drug-likeness (QED) is 0.394. The molecule has 2 aromatic heterocycles. The van der Waals surface area contributed by atoms with Crippen molar-refractivity contribution in [3.8, 4) is 16.9 Å². The maximum Gasteiger partial charge on any atom is 0.405 e. The van der Waals surface area contributed by atoms with Crippen molar-refractivity contribution in [3.63, 3.8) is 0 Å². The number of benzene rings is 1. The predicted molar refractivity (Wildman–Crippen MR) is 123 cm³/mol. The average Bonchev–Trinajstić information content (AvgIpc) is 2.79. The molecule has 3 rings (SSSR count). The van der Waals surface area contributed by atoms with Gasteiger partial charge < -0.3 is 10.1 Å². The van der Waals surface area contributed by atoms with Crippen LogP contribution in [0.4, 0.5) is 19.1 Å². The number of ether oxygens (including phenoxy) is 1. The van der Waals surface area contributed by atoms with Crippen molar-refractivity contribution in [2.24, 2.45) is 4.99 Å². The molecule has 0 bridgehead atoms. The molecule has 0 spiro atoms. The van der Waals surface area contributed by atoms with Crippen molar-refractivity contribution in [2.75, 3.05) is 19.0 Å². The molecular formula is C23H20F3N5O2. The Morgan fingerprint density at radius 1 is 1.30 bits per heavy atom. The number of allylic oxidation sites excluding steroid dienone is 3. The van der Waals surface area contributed by atoms with Gasteiger partial charge in [0.15, 0.2) is 0 Å². The highest BCUT2D eigenvalue weighted by Crippen LogP contribution is 2.27. The van der Waals surface area contributed by atoms with E-state index >= 15 is 0 Å². The molecule has 0 saturated carbocycles. The minimum atomic E-state index is -4.44. The summed E-state index contributed by atoms with van der Waals surface area (Å²) < 4.78 is 44.3. The lowest BCUT2D eigenvalue weighted by Gasteiger charge is -2.14. The molecule has 170 valence electrons. The van der Waals surface area contributed by atoms with Crippen LogP contribution < -0.4 is 15.6 Å². The Morgan fingerprint density at radius 3 is 2.67 bits per heavy atom. The van der Waals surface area contributed by atoms with Crippen molar-refractivity contribution in [1.82, 2.24) is 14.5 Å². The van der Waals surface area contributed by atoms with E-state index in [0.717, 1.165) is 0 Å². The summed E-state index contributed by atoms with van der Waals surface area (Å²) in [6.07, 6.45) is 4.40. The Hall–Kier alpha value is -4.21. The lowest BCUT2D eigenvalue weighted by atomic mass is 10.0. The molecule has 2 heterocycles. The first kappa shape index (κ1) is 23.5. The van der Waals surface area contributed by atoms with E-state index in [0.29, 0.717) is 22.4 Å². The van der Waals surface area contributed by atoms with E-state index in [1.807, 2.05) is 0 Å². The number of nitrogens with zero attached hydrogens (tertiary/aromatic N) is 4. The zero-order valence-electron chi connectivity index (χ0n) is 17.6. The Balaban J connectivity index is 2.18. The maximum atomic E-state index is 13.4. The van der Waals surface area contributed by atoms with Crippen molar-refractivity contribution in [2.45, 2.75) is 6.18 Å². The smallest absolute Gasteiger partial charge is 0.405 e. The second kappa shape index (κ2) is 9.94. The molecule has 3 aromatic rings. The zero-order valence-corrected chi connectivity index (χ0v) is 17.6. The number of hydrogen-bond acceptors (Lipinski definition) is 6. The van der Waals surface area contributed by atoms with Crippen LogP contribution >= 0.6 is 0 Å². The summed E-state index contributed by atoms with van der Waals surface area (Å²) in [5.74, 6) is 0.335. The number of hydrogen-bond donors (Lipinski definition) is 1. The number of anilines is 1. The average molecular weight is 455 g/mol. The molecule has 0 amide bonds. The zero-order chi connectivity index (χ0) is 24.0. The topological polar surface area (TPSA) is 81.4 Å². The van der Waals surface area contributed by atoms with Crippen LogP contribution in [0.25, 0.3) is 27.7 Å². The predicted octanol–water partition coefficient (Wildman–Crippen LogP) is 4.68. The number of aliphatic imine (C=N–C) groups is 1. The number of alkyl halides is 3. The fraction of sp³-hybridized carbons (Fsp3) is 0.130. The molecule has 0 radical (unpaired) electrons. The standard InChI is InChI=1S/C23H20F3N5O2/c1-4-27-11-5-6-15(2)31-13-17-12-28-22(29-14-23(24,25)26)30-20(17)19(21(31)32)16-7-9-18(33-3)10-8-16/h4-13H,1-2,14H2,3H3,(H,29,30)/b6-5-,27-11+. The van der Waals surface area contributed by atoms with E-state index in [-0.39, 0.29) is 17.0 Å². The molecular weight excluding hydrogens is 435 g/mol. The van der Waals surface area contributed by atoms with Gasteiger partial charge in [-0.3, -0.25) is 14.4 Å². The first-order chi connectivity index (χ1) is 15.7. The van der Waals surface area contributed by atoms with Crippen LogP contribution in [0.15, 0.2) is 78.0 Å². The van der Waals surface area contributed by atoms with Gasteiger partial charge in [-0.15, -0.1) is 0 Å². The van der Waals surface area contributed by atoms with Crippen LogP contribution in [-0.4, -0.2) is 40.6 Å². The Morgan fingerprint density at radius 2 is 2.03 bits per heavy atom. The van der Waals surface area contributed by atoms with E-state index in [1.54, 1.807) is 36.4 Å². The van der Waals surface area contributed by atoms with Gasteiger partial charge >= 0.3 is 6.18 Å². The van der Waals surface area contributed by atoms with Gasteiger partial charge in [0, 0.05) is 35.9 Å². The van der Waals surface area contributed by atoms with Crippen molar-refractivity contribution in [3.05, 3.63) is 78.5 Å². The summed E-state index contributed by atoms with van der Waals surface area (Å²) in [5, 5.41) is 2.58. The molecule has 0 aliphatic rings. The van der Waals surface area contributed by atoms with E-state index in [1.165, 1.54) is 36.5 Å². The lowest BCUT2D eigenvalue weighted by molar-refractivity contribution is -0.115. The van der Waals surface area contributed by atoms with Crippen LogP contribution in [-0.2, 0) is 0 Å². The lowest BCUT2D eigenvalue weighted by Crippen LogP contribution is -2.23. The van der Waals surface area contributed by atoms with Gasteiger partial charge in [0.05, 0.1) is 18.2 Å². The van der Waals surface area contributed by atoms with Crippen LogP contribution in [0.1, 0.15) is 0 Å². The van der Waals surface area contributed by atoms with Crippen molar-refractivity contribution in [1.29, 1.82) is 0 Å². The van der Waals surface area contributed by atoms with Crippen LogP contribution in [0.2, 0.25) is 0 Å². The largest absolute Gasteiger partial charge is 0.497 e. The number of methoxy groups -OCH3 is 1. The number of nitrogens with one attached hydrogen (secondary N) is 1. The van der Waals surface area contributed by atoms with E-state index in [4.69, 9.17) is 4.74 Å². The van der Waals surface area contributed by atoms with Crippen LogP contribution in [0.3, 0.4) is 0 Å². The van der Waals surface area contributed by atoms with Crippen LogP contribution in [0, 0.1) is 0 Å². The van der Waals surface area contributed by atoms with Crippen molar-refractivity contribution >= 4 is 28.8 Å². The van der Waals surface area contributed by atoms with Gasteiger partial charge in [-0.1, -0.05) is 25.3 Å². The Labute approximate surface area is 187 Å². The highest BCUT2D eigenvalue weighted by Gasteiger charge is 2.27. The van der Waals surface area contributed by atoms with E-state index in [2.05, 4.69) is 33.4 Å². The van der Waals surface area contributed by atoms with Gasteiger partial charge in [0.1, 0.15) is 12.3 Å². The number of aromatic nitrogens is 3. The molecule has 7 nitrogen and oxygen atoms in total. The summed E-state index contributed by atoms with van der Waals surface area (Å²) in [4.78, 5) is 25.4. The van der Waals surface area contributed by atoms with Gasteiger partial charge in [-0.05, 0) is 29.8 Å². The Kier molecular flexibility index (Phi) is 7.07. The molecule has 0 aliphatic heterocycles. The third-order valence-corrected chi connectivity index (χ3v) is 4.46. The summed E-state index contributed by atoms with van der Waals surface area (Å²) in [6, 6.07) is 6.67. The van der Waals surface area contributed by atoms with E-state index < -0.39 is 18.3 Å². The molecule has 1 aromatic carbocycles. The van der Waals surface area contributed by atoms with Gasteiger partial charge in [-0.25, -0.2) is 9.97 Å². The minimum absolute atomic E-state index is 0.182. The van der Waals surface area contributed by atoms with Gasteiger partial charge in [0.25, 0.3) is 5.56 Å². The molecule has 0 unspecified atom stereocenters. The highest BCUT2D eigenvalue weighted by atomic mass is 19.4. The normalized spacial score (nSPS) is 11.9.